The van der Waals surface area contributed by atoms with E-state index in [4.69, 9.17) is 0 Å². The minimum atomic E-state index is -2.67. The van der Waals surface area contributed by atoms with E-state index >= 15 is 0 Å². The van der Waals surface area contributed by atoms with Gasteiger partial charge in [-0.15, -0.1) is 0 Å². The quantitative estimate of drug-likeness (QED) is 0.821. The second-order valence-corrected chi connectivity index (χ2v) is 5.68. The number of nitrogens with zero attached hydrogens (tertiary/aromatic N) is 2. The van der Waals surface area contributed by atoms with Crippen LogP contribution in [0.3, 0.4) is 0 Å². The van der Waals surface area contributed by atoms with Crippen LogP contribution in [0.4, 0.5) is 17.6 Å². The smallest absolute Gasteiger partial charge is 0.319 e. The average Bonchev–Trinajstić information content (AvgIpc) is 3.16. The third-order valence-corrected chi connectivity index (χ3v) is 4.10. The van der Waals surface area contributed by atoms with Gasteiger partial charge >= 0.3 is 6.55 Å². The van der Waals surface area contributed by atoms with Gasteiger partial charge in [0, 0.05) is 37.3 Å². The van der Waals surface area contributed by atoms with Crippen molar-refractivity contribution in [2.45, 2.75) is 25.3 Å². The molecule has 0 saturated heterocycles. The molecule has 4 nitrogen and oxygen atoms in total. The molecule has 1 aromatic carbocycles. The number of imidazole rings is 1. The van der Waals surface area contributed by atoms with Crippen LogP contribution in [-0.2, 0) is 11.2 Å². The first-order valence-electron chi connectivity index (χ1n) is 7.50. The predicted molar refractivity (Wildman–Crippen MR) is 77.4 cm³/mol. The van der Waals surface area contributed by atoms with Crippen molar-refractivity contribution in [1.82, 2.24) is 14.9 Å². The first-order valence-corrected chi connectivity index (χ1v) is 7.50. The van der Waals surface area contributed by atoms with Gasteiger partial charge in [0.15, 0.2) is 0 Å². The maximum atomic E-state index is 13.7. The Bertz CT molecular complexity index is 747. The molecule has 1 heterocycles. The van der Waals surface area contributed by atoms with Gasteiger partial charge in [-0.2, -0.15) is 8.78 Å². The van der Waals surface area contributed by atoms with Gasteiger partial charge in [0.1, 0.15) is 17.5 Å². The average molecular weight is 341 g/mol. The number of halogens is 4. The summed E-state index contributed by atoms with van der Waals surface area (Å²) in [6.07, 6.45) is 3.11. The summed E-state index contributed by atoms with van der Waals surface area (Å²) in [4.78, 5) is 15.9. The van der Waals surface area contributed by atoms with E-state index < -0.39 is 18.2 Å². The van der Waals surface area contributed by atoms with Crippen molar-refractivity contribution in [3.05, 3.63) is 53.6 Å². The van der Waals surface area contributed by atoms with Crippen LogP contribution in [0.25, 0.3) is 0 Å². The van der Waals surface area contributed by atoms with Gasteiger partial charge in [0.2, 0.25) is 5.91 Å². The normalized spacial score (nSPS) is 19.5. The van der Waals surface area contributed by atoms with E-state index in [-0.39, 0.29) is 36.5 Å². The van der Waals surface area contributed by atoms with Crippen LogP contribution >= 0.6 is 0 Å². The van der Waals surface area contributed by atoms with Crippen LogP contribution in [0.5, 0.6) is 0 Å². The van der Waals surface area contributed by atoms with Crippen LogP contribution < -0.4 is 5.32 Å². The first-order chi connectivity index (χ1) is 11.5. The van der Waals surface area contributed by atoms with Crippen LogP contribution in [-0.4, -0.2) is 22.0 Å². The molecule has 128 valence electrons. The zero-order chi connectivity index (χ0) is 17.3. The minimum Gasteiger partial charge on any atom is -0.355 e. The summed E-state index contributed by atoms with van der Waals surface area (Å²) in [7, 11) is 0. The topological polar surface area (TPSA) is 46.9 Å². The van der Waals surface area contributed by atoms with Crippen molar-refractivity contribution in [3.63, 3.8) is 0 Å². The summed E-state index contributed by atoms with van der Waals surface area (Å²) in [6.45, 7) is -2.51. The maximum absolute atomic E-state index is 13.7. The van der Waals surface area contributed by atoms with Gasteiger partial charge in [-0.3, -0.25) is 9.36 Å². The summed E-state index contributed by atoms with van der Waals surface area (Å²) in [5.74, 6) is -2.05. The fraction of sp³-hybridized carbons (Fsp3) is 0.375. The lowest BCUT2D eigenvalue weighted by molar-refractivity contribution is -0.122. The molecular formula is C16H15F4N3O. The second-order valence-electron chi connectivity index (χ2n) is 5.68. The van der Waals surface area contributed by atoms with Gasteiger partial charge < -0.3 is 5.32 Å². The van der Waals surface area contributed by atoms with Gasteiger partial charge in [0.05, 0.1) is 0 Å². The number of benzene rings is 1. The summed E-state index contributed by atoms with van der Waals surface area (Å²) in [5, 5.41) is 2.65. The second kappa shape index (κ2) is 6.62. The van der Waals surface area contributed by atoms with E-state index in [2.05, 4.69) is 10.3 Å². The maximum Gasteiger partial charge on any atom is 0.319 e. The molecule has 0 radical (unpaired) electrons. The highest BCUT2D eigenvalue weighted by atomic mass is 19.3. The fourth-order valence-corrected chi connectivity index (χ4v) is 2.77. The molecule has 2 aromatic rings. The fourth-order valence-electron chi connectivity index (χ4n) is 2.77. The third kappa shape index (κ3) is 3.42. The van der Waals surface area contributed by atoms with Gasteiger partial charge in [-0.05, 0) is 24.0 Å². The predicted octanol–water partition coefficient (Wildman–Crippen LogP) is 3.02. The molecule has 1 aromatic heterocycles. The summed E-state index contributed by atoms with van der Waals surface area (Å²) >= 11 is 0. The Labute approximate surface area is 135 Å². The van der Waals surface area contributed by atoms with E-state index in [0.29, 0.717) is 12.0 Å². The van der Waals surface area contributed by atoms with Gasteiger partial charge in [-0.1, -0.05) is 6.07 Å². The highest BCUT2D eigenvalue weighted by Crippen LogP contribution is 2.48. The summed E-state index contributed by atoms with van der Waals surface area (Å²) in [6, 6.07) is 3.31. The van der Waals surface area contributed by atoms with Crippen molar-refractivity contribution < 1.29 is 22.4 Å². The molecule has 1 N–H and O–H groups in total. The van der Waals surface area contributed by atoms with Crippen LogP contribution in [0.15, 0.2) is 30.6 Å². The Hall–Kier alpha value is -2.38. The van der Waals surface area contributed by atoms with Gasteiger partial charge in [-0.25, -0.2) is 13.8 Å². The molecule has 0 spiro atoms. The molecule has 3 rings (SSSR count). The zero-order valence-corrected chi connectivity index (χ0v) is 12.6. The molecular weight excluding hydrogens is 326 g/mol. The van der Waals surface area contributed by atoms with Crippen molar-refractivity contribution in [2.24, 2.45) is 5.92 Å². The number of rotatable bonds is 6. The Balaban J connectivity index is 1.51. The van der Waals surface area contributed by atoms with E-state index in [1.165, 1.54) is 18.5 Å². The Morgan fingerprint density at radius 1 is 1.38 bits per heavy atom. The zero-order valence-electron chi connectivity index (χ0n) is 12.6. The van der Waals surface area contributed by atoms with E-state index in [0.717, 1.165) is 16.7 Å². The number of carbonyl (C=O) groups excluding carboxylic acids is 1. The monoisotopic (exact) mass is 341 g/mol. The number of alkyl halides is 2. The molecule has 0 bridgehead atoms. The summed E-state index contributed by atoms with van der Waals surface area (Å²) in [5.41, 5.74) is 0.324. The number of nitrogens with one attached hydrogen (secondary N) is 1. The lowest BCUT2D eigenvalue weighted by atomic mass is 10.1. The lowest BCUT2D eigenvalue weighted by Crippen LogP contribution is -2.28. The largest absolute Gasteiger partial charge is 0.355 e. The molecule has 1 saturated carbocycles. The molecule has 1 amide bonds. The Kier molecular flexibility index (Phi) is 4.55. The number of carbonyl (C=O) groups is 1. The number of aromatic nitrogens is 2. The molecule has 8 heteroatoms. The van der Waals surface area contributed by atoms with Crippen LogP contribution in [0.2, 0.25) is 0 Å². The molecule has 1 fully saturated rings. The van der Waals surface area contributed by atoms with Crippen molar-refractivity contribution >= 4 is 5.91 Å². The van der Waals surface area contributed by atoms with Crippen molar-refractivity contribution in [2.75, 3.05) is 6.54 Å². The minimum absolute atomic E-state index is 0.164. The van der Waals surface area contributed by atoms with E-state index in [1.807, 2.05) is 0 Å². The number of amides is 1. The van der Waals surface area contributed by atoms with E-state index in [9.17, 15) is 22.4 Å². The molecule has 0 aliphatic heterocycles. The Morgan fingerprint density at radius 3 is 2.88 bits per heavy atom. The van der Waals surface area contributed by atoms with Crippen molar-refractivity contribution in [1.29, 1.82) is 0 Å². The highest BCUT2D eigenvalue weighted by molar-refractivity contribution is 5.82. The molecule has 2 atom stereocenters. The SMILES string of the molecule is O=C(NCCc1nccn1C(F)F)C1CC1c1ccc(F)cc1F. The number of hydrogen-bond acceptors (Lipinski definition) is 2. The molecule has 1 aliphatic rings. The molecule has 24 heavy (non-hydrogen) atoms. The highest BCUT2D eigenvalue weighted by Gasteiger charge is 2.45. The van der Waals surface area contributed by atoms with Gasteiger partial charge in [0.25, 0.3) is 0 Å². The Morgan fingerprint density at radius 2 is 2.17 bits per heavy atom. The van der Waals surface area contributed by atoms with Crippen LogP contribution in [0.1, 0.15) is 30.3 Å². The molecule has 1 aliphatic carbocycles. The van der Waals surface area contributed by atoms with Crippen LogP contribution in [0, 0.1) is 17.6 Å². The molecule has 2 unspecified atom stereocenters. The first kappa shape index (κ1) is 16.5. The summed E-state index contributed by atoms with van der Waals surface area (Å²) < 4.78 is 52.6. The standard InChI is InChI=1S/C16H15F4N3O/c17-9-1-2-10(13(18)7-9)11-8-12(11)15(24)22-4-3-14-21-5-6-23(14)16(19)20/h1-2,5-7,11-12,16H,3-4,8H2,(H,22,24). The van der Waals surface area contributed by atoms with E-state index in [1.54, 1.807) is 0 Å². The third-order valence-electron chi connectivity index (χ3n) is 4.10. The lowest BCUT2D eigenvalue weighted by Gasteiger charge is -2.08. The van der Waals surface area contributed by atoms with Crippen molar-refractivity contribution in [3.8, 4) is 0 Å². The number of hydrogen-bond donors (Lipinski definition) is 1.